The minimum Gasteiger partial charge on any atom is -0.339 e. The van der Waals surface area contributed by atoms with Gasteiger partial charge in [-0.2, -0.15) is 0 Å². The maximum absolute atomic E-state index is 13.1. The number of halogens is 1. The van der Waals surface area contributed by atoms with E-state index in [0.29, 0.717) is 30.8 Å². The van der Waals surface area contributed by atoms with Gasteiger partial charge in [0.15, 0.2) is 0 Å². The highest BCUT2D eigenvalue weighted by molar-refractivity contribution is 5.95. The van der Waals surface area contributed by atoms with E-state index in [9.17, 15) is 14.0 Å². The van der Waals surface area contributed by atoms with E-state index in [0.717, 1.165) is 5.56 Å². The second-order valence-electron chi connectivity index (χ2n) is 5.73. The predicted molar refractivity (Wildman–Crippen MR) is 97.0 cm³/mol. The summed E-state index contributed by atoms with van der Waals surface area (Å²) in [5, 5.41) is 2.79. The second-order valence-corrected chi connectivity index (χ2v) is 5.73. The Kier molecular flexibility index (Phi) is 6.69. The van der Waals surface area contributed by atoms with E-state index in [1.54, 1.807) is 41.3 Å². The van der Waals surface area contributed by atoms with Crippen molar-refractivity contribution in [2.75, 3.05) is 18.4 Å². The Hall–Kier alpha value is -2.69. The molecule has 1 N–H and O–H groups in total. The molecule has 0 spiro atoms. The molecular weight excluding hydrogens is 319 g/mol. The van der Waals surface area contributed by atoms with Crippen LogP contribution in [-0.2, 0) is 11.2 Å². The molecule has 5 heteroatoms. The normalized spacial score (nSPS) is 10.4. The molecule has 0 saturated carbocycles. The molecule has 2 aromatic rings. The number of nitrogens with zero attached hydrogens (tertiary/aromatic N) is 1. The summed E-state index contributed by atoms with van der Waals surface area (Å²) in [7, 11) is 0. The van der Waals surface area contributed by atoms with Gasteiger partial charge >= 0.3 is 0 Å². The molecule has 0 aliphatic rings. The highest BCUT2D eigenvalue weighted by atomic mass is 19.1. The average Bonchev–Trinajstić information content (AvgIpc) is 2.61. The number of aryl methyl sites for hydroxylation is 1. The van der Waals surface area contributed by atoms with E-state index in [2.05, 4.69) is 5.32 Å². The molecule has 0 unspecified atom stereocenters. The van der Waals surface area contributed by atoms with Gasteiger partial charge in [-0.3, -0.25) is 9.59 Å². The van der Waals surface area contributed by atoms with Gasteiger partial charge in [-0.25, -0.2) is 4.39 Å². The molecule has 0 aliphatic carbocycles. The molecule has 0 heterocycles. The summed E-state index contributed by atoms with van der Waals surface area (Å²) in [6, 6.07) is 13.1. The van der Waals surface area contributed by atoms with Gasteiger partial charge in [0, 0.05) is 30.8 Å². The Labute approximate surface area is 147 Å². The van der Waals surface area contributed by atoms with Crippen LogP contribution in [0.2, 0.25) is 0 Å². The Morgan fingerprint density at radius 2 is 1.72 bits per heavy atom. The fraction of sp³-hybridized carbons (Fsp3) is 0.300. The highest BCUT2D eigenvalue weighted by Gasteiger charge is 2.12. The average molecular weight is 342 g/mol. The molecule has 0 fully saturated rings. The first kappa shape index (κ1) is 18.6. The van der Waals surface area contributed by atoms with Gasteiger partial charge in [-0.15, -0.1) is 0 Å². The van der Waals surface area contributed by atoms with Crippen LogP contribution in [0.5, 0.6) is 0 Å². The van der Waals surface area contributed by atoms with E-state index in [1.807, 2.05) is 13.8 Å². The van der Waals surface area contributed by atoms with E-state index >= 15 is 0 Å². The van der Waals surface area contributed by atoms with E-state index in [4.69, 9.17) is 0 Å². The van der Waals surface area contributed by atoms with Crippen LogP contribution in [0, 0.1) is 5.82 Å². The molecule has 25 heavy (non-hydrogen) atoms. The maximum Gasteiger partial charge on any atom is 0.253 e. The Morgan fingerprint density at radius 3 is 2.32 bits per heavy atom. The van der Waals surface area contributed by atoms with Crippen LogP contribution in [-0.4, -0.2) is 29.8 Å². The molecule has 2 rings (SSSR count). The number of nitrogens with one attached hydrogen (secondary N) is 1. The van der Waals surface area contributed by atoms with Crippen LogP contribution >= 0.6 is 0 Å². The third-order valence-corrected chi connectivity index (χ3v) is 4.00. The molecule has 0 aliphatic heterocycles. The number of rotatable bonds is 7. The molecule has 0 atom stereocenters. The minimum absolute atomic E-state index is 0.0195. The molecular formula is C20H23FN2O2. The summed E-state index contributed by atoms with van der Waals surface area (Å²) in [4.78, 5) is 26.0. The van der Waals surface area contributed by atoms with E-state index < -0.39 is 0 Å². The van der Waals surface area contributed by atoms with Crippen LogP contribution in [0.25, 0.3) is 0 Å². The van der Waals surface area contributed by atoms with Gasteiger partial charge in [0.05, 0.1) is 0 Å². The van der Waals surface area contributed by atoms with Gasteiger partial charge in [-0.05, 0) is 62.2 Å². The summed E-state index contributed by atoms with van der Waals surface area (Å²) in [5.41, 5.74) is 2.03. The fourth-order valence-electron chi connectivity index (χ4n) is 2.56. The number of benzene rings is 2. The van der Waals surface area contributed by atoms with Crippen molar-refractivity contribution < 1.29 is 14.0 Å². The maximum atomic E-state index is 13.1. The lowest BCUT2D eigenvalue weighted by atomic mass is 10.1. The molecule has 0 aromatic heterocycles. The van der Waals surface area contributed by atoms with Crippen molar-refractivity contribution >= 4 is 17.5 Å². The quantitative estimate of drug-likeness (QED) is 0.830. The van der Waals surface area contributed by atoms with Crippen LogP contribution in [0.1, 0.15) is 36.2 Å². The van der Waals surface area contributed by atoms with Gasteiger partial charge in [0.1, 0.15) is 5.82 Å². The SMILES string of the molecule is CCN(CC)C(=O)c1ccc(NC(=O)CCc2cccc(F)c2)cc1. The van der Waals surface area contributed by atoms with Gasteiger partial charge in [0.25, 0.3) is 5.91 Å². The summed E-state index contributed by atoms with van der Waals surface area (Å²) in [5.74, 6) is -0.465. The molecule has 0 bridgehead atoms. The number of hydrogen-bond donors (Lipinski definition) is 1. The summed E-state index contributed by atoms with van der Waals surface area (Å²) in [6.07, 6.45) is 0.742. The van der Waals surface area contributed by atoms with Gasteiger partial charge < -0.3 is 10.2 Å². The zero-order valence-electron chi connectivity index (χ0n) is 14.6. The summed E-state index contributed by atoms with van der Waals surface area (Å²) < 4.78 is 13.1. The smallest absolute Gasteiger partial charge is 0.253 e. The predicted octanol–water partition coefficient (Wildman–Crippen LogP) is 3.88. The summed E-state index contributed by atoms with van der Waals surface area (Å²) in [6.45, 7) is 5.20. The molecule has 132 valence electrons. The lowest BCUT2D eigenvalue weighted by Crippen LogP contribution is -2.30. The third-order valence-electron chi connectivity index (χ3n) is 4.00. The highest BCUT2D eigenvalue weighted by Crippen LogP contribution is 2.13. The monoisotopic (exact) mass is 342 g/mol. The van der Waals surface area contributed by atoms with Crippen LogP contribution in [0.3, 0.4) is 0 Å². The zero-order valence-corrected chi connectivity index (χ0v) is 14.6. The number of amides is 2. The Bertz CT molecular complexity index is 725. The van der Waals surface area contributed by atoms with Crippen LogP contribution in [0.4, 0.5) is 10.1 Å². The topological polar surface area (TPSA) is 49.4 Å². The van der Waals surface area contributed by atoms with Gasteiger partial charge in [-0.1, -0.05) is 12.1 Å². The number of hydrogen-bond acceptors (Lipinski definition) is 2. The van der Waals surface area contributed by atoms with E-state index in [1.165, 1.54) is 12.1 Å². The van der Waals surface area contributed by atoms with Crippen molar-refractivity contribution in [2.45, 2.75) is 26.7 Å². The first-order valence-corrected chi connectivity index (χ1v) is 8.47. The van der Waals surface area contributed by atoms with Crippen molar-refractivity contribution in [1.29, 1.82) is 0 Å². The Morgan fingerprint density at radius 1 is 1.04 bits per heavy atom. The van der Waals surface area contributed by atoms with Crippen molar-refractivity contribution in [3.63, 3.8) is 0 Å². The number of carbonyl (C=O) groups excluding carboxylic acids is 2. The third kappa shape index (κ3) is 5.41. The molecule has 2 amide bonds. The van der Waals surface area contributed by atoms with E-state index in [-0.39, 0.29) is 24.1 Å². The van der Waals surface area contributed by atoms with Crippen molar-refractivity contribution in [1.82, 2.24) is 4.90 Å². The fourth-order valence-corrected chi connectivity index (χ4v) is 2.56. The number of carbonyl (C=O) groups is 2. The minimum atomic E-state index is -0.300. The molecule has 2 aromatic carbocycles. The Balaban J connectivity index is 1.90. The van der Waals surface area contributed by atoms with Crippen molar-refractivity contribution in [2.24, 2.45) is 0 Å². The van der Waals surface area contributed by atoms with Crippen LogP contribution < -0.4 is 5.32 Å². The van der Waals surface area contributed by atoms with Gasteiger partial charge in [0.2, 0.25) is 5.91 Å². The lowest BCUT2D eigenvalue weighted by molar-refractivity contribution is -0.116. The van der Waals surface area contributed by atoms with Crippen molar-refractivity contribution in [3.05, 3.63) is 65.5 Å². The van der Waals surface area contributed by atoms with Crippen LogP contribution in [0.15, 0.2) is 48.5 Å². The zero-order chi connectivity index (χ0) is 18.2. The lowest BCUT2D eigenvalue weighted by Gasteiger charge is -2.18. The first-order chi connectivity index (χ1) is 12.0. The second kappa shape index (κ2) is 8.97. The molecule has 4 nitrogen and oxygen atoms in total. The molecule has 0 radical (unpaired) electrons. The first-order valence-electron chi connectivity index (χ1n) is 8.47. The molecule has 0 saturated heterocycles. The summed E-state index contributed by atoms with van der Waals surface area (Å²) >= 11 is 0. The van der Waals surface area contributed by atoms with Crippen molar-refractivity contribution in [3.8, 4) is 0 Å². The standard InChI is InChI=1S/C20H23FN2O2/c1-3-23(4-2)20(25)16-9-11-18(12-10-16)22-19(24)13-8-15-6-5-7-17(21)14-15/h5-7,9-12,14H,3-4,8,13H2,1-2H3,(H,22,24). The number of anilines is 1. The largest absolute Gasteiger partial charge is 0.339 e.